The molecule has 0 unspecified atom stereocenters. The van der Waals surface area contributed by atoms with Crippen LogP contribution in [0.25, 0.3) is 6.08 Å². The van der Waals surface area contributed by atoms with E-state index in [2.05, 4.69) is 4.90 Å². The maximum Gasteiger partial charge on any atom is 0.246 e. The van der Waals surface area contributed by atoms with Gasteiger partial charge in [-0.15, -0.1) is 0 Å². The fourth-order valence-electron chi connectivity index (χ4n) is 2.79. The molecule has 25 heavy (non-hydrogen) atoms. The third-order valence-electron chi connectivity index (χ3n) is 4.16. The van der Waals surface area contributed by atoms with Crippen molar-refractivity contribution in [3.8, 4) is 0 Å². The molecular formula is C19H17Cl3N2O. The zero-order valence-corrected chi connectivity index (χ0v) is 15.7. The first-order chi connectivity index (χ1) is 12.0. The minimum atomic E-state index is -0.0401. The normalized spacial score (nSPS) is 15.0. The topological polar surface area (TPSA) is 23.6 Å². The Morgan fingerprint density at radius 2 is 1.56 bits per heavy atom. The fraction of sp³-hybridized carbons (Fsp3) is 0.211. The molecule has 1 amide bonds. The van der Waals surface area contributed by atoms with Gasteiger partial charge in [0.25, 0.3) is 0 Å². The zero-order chi connectivity index (χ0) is 17.8. The monoisotopic (exact) mass is 394 g/mol. The number of nitrogens with zero attached hydrogens (tertiary/aromatic N) is 2. The molecule has 130 valence electrons. The van der Waals surface area contributed by atoms with E-state index in [1.165, 1.54) is 6.08 Å². The van der Waals surface area contributed by atoms with Crippen LogP contribution < -0.4 is 4.90 Å². The van der Waals surface area contributed by atoms with Crippen LogP contribution in [0.5, 0.6) is 0 Å². The zero-order valence-electron chi connectivity index (χ0n) is 13.5. The number of piperazine rings is 1. The number of carbonyl (C=O) groups excluding carboxylic acids is 1. The van der Waals surface area contributed by atoms with Crippen LogP contribution in [-0.2, 0) is 4.79 Å². The number of hydrogen-bond donors (Lipinski definition) is 0. The highest BCUT2D eigenvalue weighted by atomic mass is 35.5. The minimum absolute atomic E-state index is 0.0401. The van der Waals surface area contributed by atoms with Crippen LogP contribution in [-0.4, -0.2) is 37.0 Å². The highest BCUT2D eigenvalue weighted by Crippen LogP contribution is 2.25. The van der Waals surface area contributed by atoms with Gasteiger partial charge in [-0.05, 0) is 36.4 Å². The molecule has 2 aromatic rings. The fourth-order valence-corrected chi connectivity index (χ4v) is 3.50. The Bertz CT molecular complexity index is 779. The average molecular weight is 396 g/mol. The summed E-state index contributed by atoms with van der Waals surface area (Å²) in [6.45, 7) is 2.86. The predicted molar refractivity (Wildman–Crippen MR) is 106 cm³/mol. The molecule has 1 heterocycles. The van der Waals surface area contributed by atoms with Crippen LogP contribution >= 0.6 is 34.8 Å². The molecule has 2 aromatic carbocycles. The Kier molecular flexibility index (Phi) is 5.89. The van der Waals surface area contributed by atoms with Gasteiger partial charge in [-0.1, -0.05) is 46.9 Å². The molecule has 3 rings (SSSR count). The van der Waals surface area contributed by atoms with Gasteiger partial charge in [0.05, 0.1) is 0 Å². The van der Waals surface area contributed by atoms with E-state index in [0.29, 0.717) is 28.7 Å². The van der Waals surface area contributed by atoms with Gasteiger partial charge in [0.15, 0.2) is 0 Å². The highest BCUT2D eigenvalue weighted by Gasteiger charge is 2.20. The van der Waals surface area contributed by atoms with Crippen molar-refractivity contribution in [3.05, 3.63) is 69.2 Å². The third kappa shape index (κ3) is 4.49. The summed E-state index contributed by atoms with van der Waals surface area (Å²) in [5, 5.41) is 1.78. The maximum atomic E-state index is 12.4. The van der Waals surface area contributed by atoms with Gasteiger partial charge in [-0.3, -0.25) is 4.79 Å². The Morgan fingerprint density at radius 1 is 0.920 bits per heavy atom. The number of amides is 1. The molecule has 0 N–H and O–H groups in total. The first kappa shape index (κ1) is 18.1. The lowest BCUT2D eigenvalue weighted by Crippen LogP contribution is -2.48. The second-order valence-electron chi connectivity index (χ2n) is 5.76. The standard InChI is InChI=1S/C19H17Cl3N2O/c20-14-3-1-4-15(13-14)23-9-11-24(12-10-23)19(25)8-7-16-17(21)5-2-6-18(16)22/h1-8,13H,9-12H2. The van der Waals surface area contributed by atoms with Gasteiger partial charge in [0, 0.05) is 58.6 Å². The Labute approximate surface area is 162 Å². The van der Waals surface area contributed by atoms with E-state index in [4.69, 9.17) is 34.8 Å². The molecule has 1 saturated heterocycles. The smallest absolute Gasteiger partial charge is 0.246 e. The van der Waals surface area contributed by atoms with Crippen molar-refractivity contribution in [1.29, 1.82) is 0 Å². The summed E-state index contributed by atoms with van der Waals surface area (Å²) in [7, 11) is 0. The van der Waals surface area contributed by atoms with Crippen LogP contribution in [0.1, 0.15) is 5.56 Å². The molecule has 1 fully saturated rings. The van der Waals surface area contributed by atoms with Gasteiger partial charge in [-0.2, -0.15) is 0 Å². The lowest BCUT2D eigenvalue weighted by atomic mass is 10.2. The predicted octanol–water partition coefficient (Wildman–Crippen LogP) is 5.01. The van der Waals surface area contributed by atoms with Crippen LogP contribution in [0.2, 0.25) is 15.1 Å². The van der Waals surface area contributed by atoms with Gasteiger partial charge in [0.2, 0.25) is 5.91 Å². The molecule has 0 atom stereocenters. The summed E-state index contributed by atoms with van der Waals surface area (Å²) in [6, 6.07) is 13.0. The van der Waals surface area contributed by atoms with Crippen molar-refractivity contribution in [3.63, 3.8) is 0 Å². The number of halogens is 3. The van der Waals surface area contributed by atoms with E-state index >= 15 is 0 Å². The molecule has 3 nitrogen and oxygen atoms in total. The van der Waals surface area contributed by atoms with E-state index < -0.39 is 0 Å². The van der Waals surface area contributed by atoms with E-state index in [0.717, 1.165) is 23.8 Å². The summed E-state index contributed by atoms with van der Waals surface area (Å²) in [6.07, 6.45) is 3.21. The average Bonchev–Trinajstić information content (AvgIpc) is 2.61. The first-order valence-corrected chi connectivity index (χ1v) is 9.09. The van der Waals surface area contributed by atoms with Crippen molar-refractivity contribution in [2.24, 2.45) is 0 Å². The van der Waals surface area contributed by atoms with Crippen molar-refractivity contribution in [2.45, 2.75) is 0 Å². The highest BCUT2D eigenvalue weighted by molar-refractivity contribution is 6.37. The van der Waals surface area contributed by atoms with E-state index in [1.54, 1.807) is 24.3 Å². The number of benzene rings is 2. The van der Waals surface area contributed by atoms with Gasteiger partial charge in [0.1, 0.15) is 0 Å². The Hall–Kier alpha value is -1.68. The second-order valence-corrected chi connectivity index (χ2v) is 7.01. The Balaban J connectivity index is 1.61. The van der Waals surface area contributed by atoms with Gasteiger partial charge >= 0.3 is 0 Å². The number of anilines is 1. The molecule has 6 heteroatoms. The van der Waals surface area contributed by atoms with Crippen LogP contribution in [0, 0.1) is 0 Å². The lowest BCUT2D eigenvalue weighted by molar-refractivity contribution is -0.126. The summed E-state index contributed by atoms with van der Waals surface area (Å²) >= 11 is 18.3. The number of hydrogen-bond acceptors (Lipinski definition) is 2. The quantitative estimate of drug-likeness (QED) is 0.682. The largest absolute Gasteiger partial charge is 0.368 e. The lowest BCUT2D eigenvalue weighted by Gasteiger charge is -2.35. The van der Waals surface area contributed by atoms with Gasteiger partial charge < -0.3 is 9.80 Å². The molecule has 0 aliphatic carbocycles. The van der Waals surface area contributed by atoms with Crippen molar-refractivity contribution >= 4 is 52.5 Å². The summed E-state index contributed by atoms with van der Waals surface area (Å²) in [5.41, 5.74) is 1.75. The molecule has 0 spiro atoms. The van der Waals surface area contributed by atoms with E-state index in [-0.39, 0.29) is 5.91 Å². The molecule has 0 radical (unpaired) electrons. The van der Waals surface area contributed by atoms with E-state index in [9.17, 15) is 4.79 Å². The SMILES string of the molecule is O=C(C=Cc1c(Cl)cccc1Cl)N1CCN(c2cccc(Cl)c2)CC1. The molecule has 0 bridgehead atoms. The van der Waals surface area contributed by atoms with Gasteiger partial charge in [-0.25, -0.2) is 0 Å². The first-order valence-electron chi connectivity index (χ1n) is 7.96. The molecule has 1 aliphatic rings. The minimum Gasteiger partial charge on any atom is -0.368 e. The summed E-state index contributed by atoms with van der Waals surface area (Å²) < 4.78 is 0. The van der Waals surface area contributed by atoms with Crippen molar-refractivity contribution in [1.82, 2.24) is 4.90 Å². The number of rotatable bonds is 3. The summed E-state index contributed by atoms with van der Waals surface area (Å²) in [4.78, 5) is 16.5. The van der Waals surface area contributed by atoms with E-state index in [1.807, 2.05) is 29.2 Å². The van der Waals surface area contributed by atoms with Crippen LogP contribution in [0.3, 0.4) is 0 Å². The Morgan fingerprint density at radius 3 is 2.20 bits per heavy atom. The van der Waals surface area contributed by atoms with Crippen LogP contribution in [0.4, 0.5) is 5.69 Å². The van der Waals surface area contributed by atoms with Crippen molar-refractivity contribution < 1.29 is 4.79 Å². The maximum absolute atomic E-state index is 12.4. The van der Waals surface area contributed by atoms with Crippen LogP contribution in [0.15, 0.2) is 48.5 Å². The molecule has 0 saturated carbocycles. The van der Waals surface area contributed by atoms with Crippen molar-refractivity contribution in [2.75, 3.05) is 31.1 Å². The molecular weight excluding hydrogens is 379 g/mol. The third-order valence-corrected chi connectivity index (χ3v) is 5.05. The number of carbonyl (C=O) groups is 1. The molecule has 0 aromatic heterocycles. The summed E-state index contributed by atoms with van der Waals surface area (Å²) in [5.74, 6) is -0.0401. The molecule has 1 aliphatic heterocycles. The second kappa shape index (κ2) is 8.13.